The van der Waals surface area contributed by atoms with Crippen LogP contribution in [0.4, 0.5) is 5.69 Å². The van der Waals surface area contributed by atoms with Crippen molar-refractivity contribution in [2.24, 2.45) is 0 Å². The first-order valence-corrected chi connectivity index (χ1v) is 9.36. The maximum absolute atomic E-state index is 12.9. The molecule has 1 N–H and O–H groups in total. The Labute approximate surface area is 155 Å². The predicted molar refractivity (Wildman–Crippen MR) is 105 cm³/mol. The fourth-order valence-corrected chi connectivity index (χ4v) is 4.01. The molecule has 3 aromatic heterocycles. The van der Waals surface area contributed by atoms with Gasteiger partial charge < -0.3 is 9.88 Å². The van der Waals surface area contributed by atoms with Crippen LogP contribution in [0, 0.1) is 0 Å². The first kappa shape index (κ1) is 16.5. The zero-order valence-electron chi connectivity index (χ0n) is 14.3. The highest BCUT2D eigenvalue weighted by Crippen LogP contribution is 2.26. The molecule has 0 bridgehead atoms. The van der Waals surface area contributed by atoms with E-state index in [2.05, 4.69) is 22.2 Å². The van der Waals surface area contributed by atoms with E-state index in [4.69, 9.17) is 0 Å². The van der Waals surface area contributed by atoms with Crippen LogP contribution in [0.1, 0.15) is 28.7 Å². The van der Waals surface area contributed by atoms with Crippen LogP contribution in [0.5, 0.6) is 0 Å². The van der Waals surface area contributed by atoms with E-state index in [-0.39, 0.29) is 5.91 Å². The van der Waals surface area contributed by atoms with Crippen molar-refractivity contribution in [2.75, 3.05) is 5.32 Å². The number of nitrogens with zero attached hydrogens (tertiary/aromatic N) is 3. The number of anilines is 1. The van der Waals surface area contributed by atoms with E-state index < -0.39 is 0 Å². The van der Waals surface area contributed by atoms with Crippen molar-refractivity contribution in [1.29, 1.82) is 0 Å². The molecule has 4 aromatic rings. The highest BCUT2D eigenvalue weighted by atomic mass is 32.1. The van der Waals surface area contributed by atoms with Crippen LogP contribution in [0.25, 0.3) is 16.0 Å². The molecule has 0 spiro atoms. The molecule has 0 saturated carbocycles. The van der Waals surface area contributed by atoms with Gasteiger partial charge in [-0.3, -0.25) is 9.78 Å². The van der Waals surface area contributed by atoms with Crippen LogP contribution in [0.3, 0.4) is 0 Å². The summed E-state index contributed by atoms with van der Waals surface area (Å²) in [5.41, 5.74) is 2.10. The monoisotopic (exact) mass is 362 g/mol. The number of thiazole rings is 1. The Balaban J connectivity index is 1.69. The molecule has 0 fully saturated rings. The number of carbonyl (C=O) groups is 1. The fraction of sp³-hybridized carbons (Fsp3) is 0.150. The summed E-state index contributed by atoms with van der Waals surface area (Å²) in [6.07, 6.45) is 7.42. The number of aromatic nitrogens is 3. The van der Waals surface area contributed by atoms with Crippen molar-refractivity contribution < 1.29 is 4.79 Å². The van der Waals surface area contributed by atoms with Gasteiger partial charge >= 0.3 is 0 Å². The van der Waals surface area contributed by atoms with E-state index in [1.54, 1.807) is 17.5 Å². The molecule has 130 valence electrons. The number of carbonyl (C=O) groups excluding carboxylic acids is 1. The van der Waals surface area contributed by atoms with Crippen molar-refractivity contribution >= 4 is 33.8 Å². The summed E-state index contributed by atoms with van der Waals surface area (Å²) in [5.74, 6) is -0.181. The van der Waals surface area contributed by atoms with E-state index in [9.17, 15) is 4.79 Å². The Bertz CT molecular complexity index is 1050. The average Bonchev–Trinajstić information content (AvgIpc) is 3.32. The largest absolute Gasteiger partial charge is 0.320 e. The van der Waals surface area contributed by atoms with Crippen molar-refractivity contribution in [1.82, 2.24) is 14.5 Å². The number of fused-ring (bicyclic) bond motifs is 1. The second kappa shape index (κ2) is 7.09. The molecular weight excluding hydrogens is 344 g/mol. The number of aryl methyl sites for hydroxylation is 1. The van der Waals surface area contributed by atoms with Crippen molar-refractivity contribution in [3.05, 3.63) is 71.6 Å². The van der Waals surface area contributed by atoms with E-state index in [1.807, 2.05) is 59.4 Å². The Hall–Kier alpha value is -2.99. The number of nitrogens with one attached hydrogen (secondary N) is 1. The Morgan fingerprint density at radius 1 is 1.15 bits per heavy atom. The molecule has 1 amide bonds. The number of benzene rings is 1. The fourth-order valence-electron chi connectivity index (χ4n) is 2.88. The highest BCUT2D eigenvalue weighted by Gasteiger charge is 2.19. The molecule has 5 nitrogen and oxygen atoms in total. The van der Waals surface area contributed by atoms with Gasteiger partial charge in [-0.25, -0.2) is 4.98 Å². The molecule has 0 saturated heterocycles. The third kappa shape index (κ3) is 3.11. The van der Waals surface area contributed by atoms with Crippen LogP contribution in [0.15, 0.2) is 61.1 Å². The maximum Gasteiger partial charge on any atom is 0.275 e. The smallest absolute Gasteiger partial charge is 0.275 e. The molecular formula is C20H18N4OS. The third-order valence-corrected chi connectivity index (χ3v) is 5.23. The second-order valence-corrected chi connectivity index (χ2v) is 7.00. The van der Waals surface area contributed by atoms with Crippen molar-refractivity contribution in [3.8, 4) is 5.13 Å². The minimum atomic E-state index is -0.181. The quantitative estimate of drug-likeness (QED) is 0.560. The molecule has 0 radical (unpaired) electrons. The number of amides is 1. The zero-order chi connectivity index (χ0) is 17.9. The first-order chi connectivity index (χ1) is 12.8. The Kier molecular flexibility index (Phi) is 4.50. The third-order valence-electron chi connectivity index (χ3n) is 4.10. The van der Waals surface area contributed by atoms with Gasteiger partial charge in [-0.05, 0) is 42.8 Å². The van der Waals surface area contributed by atoms with Gasteiger partial charge in [0.1, 0.15) is 5.69 Å². The van der Waals surface area contributed by atoms with Crippen LogP contribution in [0.2, 0.25) is 0 Å². The lowest BCUT2D eigenvalue weighted by atomic mass is 10.1. The van der Waals surface area contributed by atoms with Gasteiger partial charge in [0.05, 0.1) is 11.2 Å². The lowest BCUT2D eigenvalue weighted by molar-refractivity contribution is 0.102. The summed E-state index contributed by atoms with van der Waals surface area (Å²) < 4.78 is 1.93. The van der Waals surface area contributed by atoms with Crippen molar-refractivity contribution in [2.45, 2.75) is 19.8 Å². The van der Waals surface area contributed by atoms with Gasteiger partial charge in [-0.2, -0.15) is 0 Å². The standard InChI is InChI=1S/C20H18N4OS/c1-2-7-17-18(23-20(26-17)24-12-3-4-13-24)19(25)22-16-10-5-9-15-14(16)8-6-11-21-15/h3-6,8-13H,2,7H2,1H3,(H,22,25). The zero-order valence-corrected chi connectivity index (χ0v) is 15.2. The van der Waals surface area contributed by atoms with Crippen LogP contribution >= 0.6 is 11.3 Å². The molecule has 0 atom stereocenters. The van der Waals surface area contributed by atoms with E-state index in [0.717, 1.165) is 39.4 Å². The van der Waals surface area contributed by atoms with Gasteiger partial charge in [-0.15, -0.1) is 11.3 Å². The molecule has 26 heavy (non-hydrogen) atoms. The lowest BCUT2D eigenvalue weighted by Gasteiger charge is -2.08. The summed E-state index contributed by atoms with van der Waals surface area (Å²) in [4.78, 5) is 22.9. The van der Waals surface area contributed by atoms with Gasteiger partial charge in [0.2, 0.25) is 0 Å². The number of pyridine rings is 1. The minimum absolute atomic E-state index is 0.181. The summed E-state index contributed by atoms with van der Waals surface area (Å²) in [5, 5.41) is 4.74. The Morgan fingerprint density at radius 2 is 2.00 bits per heavy atom. The van der Waals surface area contributed by atoms with Crippen LogP contribution < -0.4 is 5.32 Å². The van der Waals surface area contributed by atoms with Crippen LogP contribution in [-0.4, -0.2) is 20.4 Å². The number of hydrogen-bond acceptors (Lipinski definition) is 4. The van der Waals surface area contributed by atoms with Gasteiger partial charge in [0.25, 0.3) is 5.91 Å². The second-order valence-electron chi connectivity index (χ2n) is 5.94. The normalized spacial score (nSPS) is 11.0. The molecule has 0 unspecified atom stereocenters. The SMILES string of the molecule is CCCc1sc(-n2cccc2)nc1C(=O)Nc1cccc2ncccc12. The molecule has 3 heterocycles. The molecule has 0 aliphatic rings. The molecule has 6 heteroatoms. The van der Waals surface area contributed by atoms with Gasteiger partial charge in [0, 0.05) is 28.9 Å². The molecule has 4 rings (SSSR count). The minimum Gasteiger partial charge on any atom is -0.320 e. The van der Waals surface area contributed by atoms with Crippen LogP contribution in [-0.2, 0) is 6.42 Å². The van der Waals surface area contributed by atoms with Gasteiger partial charge in [-0.1, -0.05) is 19.4 Å². The number of hydrogen-bond donors (Lipinski definition) is 1. The molecule has 1 aromatic carbocycles. The summed E-state index contributed by atoms with van der Waals surface area (Å²) in [6.45, 7) is 2.10. The van der Waals surface area contributed by atoms with E-state index in [0.29, 0.717) is 5.69 Å². The Morgan fingerprint density at radius 3 is 2.81 bits per heavy atom. The van der Waals surface area contributed by atoms with Gasteiger partial charge in [0.15, 0.2) is 5.13 Å². The molecule has 0 aliphatic heterocycles. The average molecular weight is 362 g/mol. The first-order valence-electron chi connectivity index (χ1n) is 8.54. The predicted octanol–water partition coefficient (Wildman–Crippen LogP) is 4.69. The van der Waals surface area contributed by atoms with Crippen molar-refractivity contribution in [3.63, 3.8) is 0 Å². The topological polar surface area (TPSA) is 59.8 Å². The highest BCUT2D eigenvalue weighted by molar-refractivity contribution is 7.14. The lowest BCUT2D eigenvalue weighted by Crippen LogP contribution is -2.14. The molecule has 0 aliphatic carbocycles. The summed E-state index contributed by atoms with van der Waals surface area (Å²) >= 11 is 1.56. The van der Waals surface area contributed by atoms with E-state index >= 15 is 0 Å². The number of rotatable bonds is 5. The summed E-state index contributed by atoms with van der Waals surface area (Å²) in [7, 11) is 0. The summed E-state index contributed by atoms with van der Waals surface area (Å²) in [6, 6.07) is 13.4. The van der Waals surface area contributed by atoms with E-state index in [1.165, 1.54) is 0 Å². The maximum atomic E-state index is 12.9.